The lowest BCUT2D eigenvalue weighted by Gasteiger charge is -2.31. The van der Waals surface area contributed by atoms with Crippen LogP contribution in [0.3, 0.4) is 0 Å². The number of hydrogen-bond donors (Lipinski definition) is 0. The van der Waals surface area contributed by atoms with Crippen molar-refractivity contribution in [2.24, 2.45) is 17.3 Å². The molecule has 0 amide bonds. The number of hydrogen-bond acceptors (Lipinski definition) is 2. The maximum Gasteiger partial charge on any atom is 0.00720 e. The topological polar surface area (TPSA) is 6.48 Å². The lowest BCUT2D eigenvalue weighted by atomic mass is 9.88. The first-order valence-electron chi connectivity index (χ1n) is 10.3. The third-order valence-electron chi connectivity index (χ3n) is 5.97. The fourth-order valence-electron chi connectivity index (χ4n) is 4.74. The quantitative estimate of drug-likeness (QED) is 0.648. The van der Waals surface area contributed by atoms with Gasteiger partial charge >= 0.3 is 0 Å². The molecule has 2 aliphatic rings. The van der Waals surface area contributed by atoms with Gasteiger partial charge in [0.1, 0.15) is 0 Å². The molecule has 0 N–H and O–H groups in total. The second kappa shape index (κ2) is 8.85. The van der Waals surface area contributed by atoms with Crippen LogP contribution in [0.5, 0.6) is 0 Å². The van der Waals surface area contributed by atoms with Gasteiger partial charge in [0, 0.05) is 12.6 Å². The molecule has 2 heteroatoms. The second-order valence-electron chi connectivity index (χ2n) is 9.80. The number of nitrogens with zero attached hydrogens (tertiary/aromatic N) is 2. The third-order valence-corrected chi connectivity index (χ3v) is 5.97. The molecule has 2 heterocycles. The van der Waals surface area contributed by atoms with Crippen molar-refractivity contribution in [1.29, 1.82) is 0 Å². The van der Waals surface area contributed by atoms with E-state index < -0.39 is 0 Å². The summed E-state index contributed by atoms with van der Waals surface area (Å²) in [6, 6.07) is 0.753. The van der Waals surface area contributed by atoms with Crippen LogP contribution in [0.25, 0.3) is 0 Å². The molecular formula is C21H42N2. The molecule has 0 spiro atoms. The summed E-state index contributed by atoms with van der Waals surface area (Å²) in [4.78, 5) is 5.46. The van der Waals surface area contributed by atoms with E-state index in [2.05, 4.69) is 44.4 Å². The van der Waals surface area contributed by atoms with Crippen LogP contribution in [-0.4, -0.2) is 48.6 Å². The molecule has 2 rings (SSSR count). The van der Waals surface area contributed by atoms with E-state index in [1.807, 2.05) is 0 Å². The highest BCUT2D eigenvalue weighted by atomic mass is 15.2. The molecule has 2 saturated heterocycles. The summed E-state index contributed by atoms with van der Waals surface area (Å²) in [6.07, 6.45) is 9.93. The van der Waals surface area contributed by atoms with Gasteiger partial charge in [-0.25, -0.2) is 0 Å². The zero-order chi connectivity index (χ0) is 16.9. The summed E-state index contributed by atoms with van der Waals surface area (Å²) in [6.45, 7) is 18.8. The van der Waals surface area contributed by atoms with Crippen molar-refractivity contribution >= 4 is 0 Å². The molecule has 0 aromatic rings. The van der Waals surface area contributed by atoms with Gasteiger partial charge in [-0.3, -0.25) is 0 Å². The largest absolute Gasteiger partial charge is 0.303 e. The average Bonchev–Trinajstić information content (AvgIpc) is 2.93. The van der Waals surface area contributed by atoms with Gasteiger partial charge in [-0.1, -0.05) is 34.1 Å². The average molecular weight is 323 g/mol. The highest BCUT2D eigenvalue weighted by molar-refractivity contribution is 4.83. The molecule has 3 atom stereocenters. The fourth-order valence-corrected chi connectivity index (χ4v) is 4.74. The van der Waals surface area contributed by atoms with Gasteiger partial charge in [-0.2, -0.15) is 0 Å². The molecule has 2 fully saturated rings. The van der Waals surface area contributed by atoms with Crippen LogP contribution in [0.15, 0.2) is 0 Å². The molecule has 0 aliphatic carbocycles. The highest BCUT2D eigenvalue weighted by Crippen LogP contribution is 2.30. The standard InChI is InChI=1S/C21H42N2/c1-18(9-13-22-11-7-6-8-12-22)15-20-10-14-23(17-20)19(2)16-21(3,4)5/h18-20H,6-17H2,1-5H3. The van der Waals surface area contributed by atoms with E-state index in [0.717, 1.165) is 17.9 Å². The Hall–Kier alpha value is -0.0800. The molecule has 0 bridgehead atoms. The first kappa shape index (κ1) is 19.2. The number of rotatable bonds is 7. The zero-order valence-corrected chi connectivity index (χ0v) is 16.6. The SMILES string of the molecule is CC(CCN1CCCCC1)CC1CCN(C(C)CC(C)(C)C)C1. The van der Waals surface area contributed by atoms with Gasteiger partial charge in [-0.05, 0) is 88.9 Å². The van der Waals surface area contributed by atoms with Crippen molar-refractivity contribution in [3.63, 3.8) is 0 Å². The Morgan fingerprint density at radius 3 is 2.35 bits per heavy atom. The van der Waals surface area contributed by atoms with Crippen molar-refractivity contribution in [3.8, 4) is 0 Å². The molecule has 0 radical (unpaired) electrons. The molecule has 0 aromatic carbocycles. The van der Waals surface area contributed by atoms with Gasteiger partial charge in [0.2, 0.25) is 0 Å². The van der Waals surface area contributed by atoms with E-state index in [9.17, 15) is 0 Å². The van der Waals surface area contributed by atoms with Crippen LogP contribution >= 0.6 is 0 Å². The molecule has 0 aromatic heterocycles. The molecule has 2 nitrogen and oxygen atoms in total. The summed E-state index contributed by atoms with van der Waals surface area (Å²) in [5.74, 6) is 1.86. The predicted octanol–water partition coefficient (Wildman–Crippen LogP) is 5.04. The van der Waals surface area contributed by atoms with E-state index in [4.69, 9.17) is 0 Å². The number of piperidine rings is 1. The Labute approximate surface area is 146 Å². The lowest BCUT2D eigenvalue weighted by Crippen LogP contribution is -2.34. The molecule has 0 saturated carbocycles. The minimum absolute atomic E-state index is 0.458. The van der Waals surface area contributed by atoms with Crippen molar-refractivity contribution in [3.05, 3.63) is 0 Å². The second-order valence-corrected chi connectivity index (χ2v) is 9.80. The Bertz CT molecular complexity index is 327. The third kappa shape index (κ3) is 7.13. The van der Waals surface area contributed by atoms with Gasteiger partial charge < -0.3 is 9.80 Å². The van der Waals surface area contributed by atoms with Crippen LogP contribution in [0.4, 0.5) is 0 Å². The first-order valence-corrected chi connectivity index (χ1v) is 10.3. The minimum atomic E-state index is 0.458. The molecule has 2 aliphatic heterocycles. The summed E-state index contributed by atoms with van der Waals surface area (Å²) in [5, 5.41) is 0. The normalized spacial score (nSPS) is 27.3. The maximum absolute atomic E-state index is 2.76. The lowest BCUT2D eigenvalue weighted by molar-refractivity contribution is 0.181. The summed E-state index contributed by atoms with van der Waals surface area (Å²) in [5.41, 5.74) is 0.458. The van der Waals surface area contributed by atoms with Crippen molar-refractivity contribution < 1.29 is 0 Å². The first-order chi connectivity index (χ1) is 10.8. The minimum Gasteiger partial charge on any atom is -0.303 e. The molecular weight excluding hydrogens is 280 g/mol. The Balaban J connectivity index is 1.64. The van der Waals surface area contributed by atoms with Crippen molar-refractivity contribution in [2.45, 2.75) is 85.6 Å². The van der Waals surface area contributed by atoms with Gasteiger partial charge in [-0.15, -0.1) is 0 Å². The van der Waals surface area contributed by atoms with Crippen molar-refractivity contribution in [1.82, 2.24) is 9.80 Å². The van der Waals surface area contributed by atoms with Crippen LogP contribution in [0.1, 0.15) is 79.6 Å². The zero-order valence-electron chi connectivity index (χ0n) is 16.6. The van der Waals surface area contributed by atoms with E-state index in [0.29, 0.717) is 5.41 Å². The van der Waals surface area contributed by atoms with E-state index in [1.165, 1.54) is 77.7 Å². The van der Waals surface area contributed by atoms with Crippen molar-refractivity contribution in [2.75, 3.05) is 32.7 Å². The van der Waals surface area contributed by atoms with Gasteiger partial charge in [0.25, 0.3) is 0 Å². The summed E-state index contributed by atoms with van der Waals surface area (Å²) in [7, 11) is 0. The molecule has 136 valence electrons. The van der Waals surface area contributed by atoms with Crippen LogP contribution in [-0.2, 0) is 0 Å². The van der Waals surface area contributed by atoms with E-state index >= 15 is 0 Å². The van der Waals surface area contributed by atoms with Gasteiger partial charge in [0.05, 0.1) is 0 Å². The van der Waals surface area contributed by atoms with E-state index in [1.54, 1.807) is 0 Å². The molecule has 3 unspecified atom stereocenters. The predicted molar refractivity (Wildman–Crippen MR) is 102 cm³/mol. The Morgan fingerprint density at radius 1 is 1.00 bits per heavy atom. The fraction of sp³-hybridized carbons (Fsp3) is 1.00. The molecule has 23 heavy (non-hydrogen) atoms. The maximum atomic E-state index is 2.76. The van der Waals surface area contributed by atoms with Crippen LogP contribution < -0.4 is 0 Å². The smallest absolute Gasteiger partial charge is 0.00720 e. The monoisotopic (exact) mass is 322 g/mol. The summed E-state index contributed by atoms with van der Waals surface area (Å²) < 4.78 is 0. The van der Waals surface area contributed by atoms with E-state index in [-0.39, 0.29) is 0 Å². The van der Waals surface area contributed by atoms with Crippen LogP contribution in [0.2, 0.25) is 0 Å². The van der Waals surface area contributed by atoms with Gasteiger partial charge in [0.15, 0.2) is 0 Å². The summed E-state index contributed by atoms with van der Waals surface area (Å²) >= 11 is 0. The Morgan fingerprint density at radius 2 is 1.70 bits per heavy atom. The Kier molecular flexibility index (Phi) is 7.41. The number of likely N-dealkylation sites (tertiary alicyclic amines) is 2. The van der Waals surface area contributed by atoms with Crippen LogP contribution in [0, 0.1) is 17.3 Å². The highest BCUT2D eigenvalue weighted by Gasteiger charge is 2.29.